The van der Waals surface area contributed by atoms with Gasteiger partial charge in [-0.15, -0.1) is 11.3 Å². The van der Waals surface area contributed by atoms with Crippen LogP contribution in [0.3, 0.4) is 0 Å². The number of sulfonamides is 1. The Labute approximate surface area is 139 Å². The Morgan fingerprint density at radius 2 is 2.00 bits per heavy atom. The fourth-order valence-electron chi connectivity index (χ4n) is 2.60. The Morgan fingerprint density at radius 1 is 1.26 bits per heavy atom. The van der Waals surface area contributed by atoms with E-state index in [1.54, 1.807) is 18.2 Å². The minimum Gasteiger partial charge on any atom is -0.375 e. The van der Waals surface area contributed by atoms with Crippen molar-refractivity contribution < 1.29 is 17.5 Å². The molecular weight excluding hydrogens is 337 g/mol. The van der Waals surface area contributed by atoms with Crippen molar-refractivity contribution in [2.24, 2.45) is 0 Å². The molecule has 0 amide bonds. The van der Waals surface area contributed by atoms with Crippen LogP contribution in [0, 0.1) is 12.7 Å². The Morgan fingerprint density at radius 3 is 2.65 bits per heavy atom. The van der Waals surface area contributed by atoms with Gasteiger partial charge in [-0.25, -0.2) is 12.8 Å². The van der Waals surface area contributed by atoms with Crippen LogP contribution in [0.1, 0.15) is 10.4 Å². The topological polar surface area (TPSA) is 46.6 Å². The smallest absolute Gasteiger partial charge is 0.252 e. The maximum atomic E-state index is 13.0. The lowest BCUT2D eigenvalue weighted by Gasteiger charge is -2.31. The lowest BCUT2D eigenvalue weighted by molar-refractivity contribution is -0.000447. The summed E-state index contributed by atoms with van der Waals surface area (Å²) in [5.41, 5.74) is 0.933. The number of benzene rings is 1. The van der Waals surface area contributed by atoms with E-state index >= 15 is 0 Å². The largest absolute Gasteiger partial charge is 0.375 e. The van der Waals surface area contributed by atoms with Crippen LogP contribution in [-0.4, -0.2) is 38.5 Å². The average molecular weight is 355 g/mol. The quantitative estimate of drug-likeness (QED) is 0.847. The predicted octanol–water partition coefficient (Wildman–Crippen LogP) is 2.83. The van der Waals surface area contributed by atoms with Crippen LogP contribution in [0.15, 0.2) is 40.6 Å². The van der Waals surface area contributed by atoms with Crippen molar-refractivity contribution in [2.45, 2.75) is 23.7 Å². The highest BCUT2D eigenvalue weighted by molar-refractivity contribution is 7.91. The summed E-state index contributed by atoms with van der Waals surface area (Å²) in [5, 5.41) is 0. The zero-order chi connectivity index (χ0) is 16.4. The van der Waals surface area contributed by atoms with E-state index in [1.807, 2.05) is 13.0 Å². The summed E-state index contributed by atoms with van der Waals surface area (Å²) >= 11 is 1.28. The Bertz CT molecular complexity index is 771. The summed E-state index contributed by atoms with van der Waals surface area (Å²) in [4.78, 5) is 0.972. The molecule has 1 aliphatic rings. The molecule has 2 heterocycles. The second-order valence-electron chi connectivity index (χ2n) is 5.55. The van der Waals surface area contributed by atoms with E-state index in [-0.39, 0.29) is 11.9 Å². The number of thiophene rings is 1. The first-order valence-electron chi connectivity index (χ1n) is 7.38. The Kier molecular flexibility index (Phi) is 4.82. The van der Waals surface area contributed by atoms with Crippen molar-refractivity contribution >= 4 is 21.4 Å². The van der Waals surface area contributed by atoms with E-state index in [4.69, 9.17) is 4.74 Å². The number of ether oxygens (including phenoxy) is 1. The van der Waals surface area contributed by atoms with Crippen LogP contribution in [0.25, 0.3) is 0 Å². The summed E-state index contributed by atoms with van der Waals surface area (Å²) in [6.45, 7) is 2.94. The zero-order valence-electron chi connectivity index (χ0n) is 12.7. The van der Waals surface area contributed by atoms with Crippen molar-refractivity contribution in [3.63, 3.8) is 0 Å². The number of morpholine rings is 1. The summed E-state index contributed by atoms with van der Waals surface area (Å²) in [6, 6.07) is 9.68. The third kappa shape index (κ3) is 3.80. The maximum absolute atomic E-state index is 13.0. The first-order chi connectivity index (χ1) is 10.9. The van der Waals surface area contributed by atoms with Crippen LogP contribution < -0.4 is 0 Å². The molecule has 4 nitrogen and oxygen atoms in total. The van der Waals surface area contributed by atoms with Gasteiger partial charge >= 0.3 is 0 Å². The molecular formula is C16H18FNO3S2. The molecule has 1 atom stereocenters. The molecule has 7 heteroatoms. The number of rotatable bonds is 4. The van der Waals surface area contributed by atoms with Crippen LogP contribution in [0.2, 0.25) is 0 Å². The molecule has 1 aliphatic heterocycles. The van der Waals surface area contributed by atoms with Crippen molar-refractivity contribution in [2.75, 3.05) is 19.7 Å². The van der Waals surface area contributed by atoms with E-state index in [0.717, 1.165) is 10.4 Å². The fourth-order valence-corrected chi connectivity index (χ4v) is 5.49. The SMILES string of the molecule is Cc1ccc(S(=O)(=O)N2CCO[C@H](Cc3ccc(F)cc3)C2)s1. The van der Waals surface area contributed by atoms with Crippen molar-refractivity contribution in [3.8, 4) is 0 Å². The van der Waals surface area contributed by atoms with Gasteiger partial charge in [0, 0.05) is 18.0 Å². The standard InChI is InChI=1S/C16H18FNO3S2/c1-12-2-7-16(22-12)23(19,20)18-8-9-21-15(11-18)10-13-3-5-14(17)6-4-13/h2-7,15H,8-11H2,1H3/t15-/m1/s1. The second-order valence-corrected chi connectivity index (χ2v) is 9.00. The lowest BCUT2D eigenvalue weighted by Crippen LogP contribution is -2.46. The predicted molar refractivity (Wildman–Crippen MR) is 87.7 cm³/mol. The van der Waals surface area contributed by atoms with Gasteiger partial charge in [0.1, 0.15) is 10.0 Å². The Balaban J connectivity index is 1.71. The highest BCUT2D eigenvalue weighted by atomic mass is 32.2. The molecule has 0 spiro atoms. The van der Waals surface area contributed by atoms with Gasteiger partial charge in [-0.2, -0.15) is 4.31 Å². The molecule has 124 valence electrons. The number of nitrogens with zero attached hydrogens (tertiary/aromatic N) is 1. The van der Waals surface area contributed by atoms with Gasteiger partial charge in [-0.1, -0.05) is 12.1 Å². The van der Waals surface area contributed by atoms with Gasteiger partial charge in [-0.05, 0) is 43.2 Å². The highest BCUT2D eigenvalue weighted by Crippen LogP contribution is 2.26. The summed E-state index contributed by atoms with van der Waals surface area (Å²) in [6.07, 6.45) is 0.348. The molecule has 3 rings (SSSR count). The lowest BCUT2D eigenvalue weighted by atomic mass is 10.1. The molecule has 0 saturated carbocycles. The molecule has 2 aromatic rings. The van der Waals surface area contributed by atoms with Gasteiger partial charge in [0.25, 0.3) is 10.0 Å². The highest BCUT2D eigenvalue weighted by Gasteiger charge is 2.31. The summed E-state index contributed by atoms with van der Waals surface area (Å²) < 4.78 is 45.8. The number of aryl methyl sites for hydroxylation is 1. The third-order valence-electron chi connectivity index (χ3n) is 3.79. The van der Waals surface area contributed by atoms with E-state index in [2.05, 4.69) is 0 Å². The van der Waals surface area contributed by atoms with Gasteiger partial charge in [0.15, 0.2) is 0 Å². The number of halogens is 1. The van der Waals surface area contributed by atoms with Crippen LogP contribution >= 0.6 is 11.3 Å². The van der Waals surface area contributed by atoms with Crippen molar-refractivity contribution in [3.05, 3.63) is 52.7 Å². The first kappa shape index (κ1) is 16.6. The van der Waals surface area contributed by atoms with Crippen LogP contribution in [-0.2, 0) is 21.2 Å². The summed E-state index contributed by atoms with van der Waals surface area (Å²) in [7, 11) is -3.46. The fraction of sp³-hybridized carbons (Fsp3) is 0.375. The summed E-state index contributed by atoms with van der Waals surface area (Å²) in [5.74, 6) is -0.282. The van der Waals surface area contributed by atoms with E-state index < -0.39 is 10.0 Å². The molecule has 1 saturated heterocycles. The van der Waals surface area contributed by atoms with Crippen LogP contribution in [0.4, 0.5) is 4.39 Å². The number of hydrogen-bond acceptors (Lipinski definition) is 4. The molecule has 0 radical (unpaired) electrons. The third-order valence-corrected chi connectivity index (χ3v) is 7.12. The van der Waals surface area contributed by atoms with Crippen LogP contribution in [0.5, 0.6) is 0 Å². The second kappa shape index (κ2) is 6.68. The minimum absolute atomic E-state index is 0.218. The molecule has 1 aromatic heterocycles. The minimum atomic E-state index is -3.46. The molecule has 0 N–H and O–H groups in total. The van der Waals surface area contributed by atoms with Crippen molar-refractivity contribution in [1.29, 1.82) is 0 Å². The molecule has 23 heavy (non-hydrogen) atoms. The molecule has 1 aromatic carbocycles. The molecule has 0 aliphatic carbocycles. The molecule has 0 bridgehead atoms. The molecule has 1 fully saturated rings. The van der Waals surface area contributed by atoms with E-state index in [1.165, 1.54) is 27.8 Å². The van der Waals surface area contributed by atoms with E-state index in [9.17, 15) is 12.8 Å². The van der Waals surface area contributed by atoms with E-state index in [0.29, 0.717) is 30.3 Å². The Hall–Kier alpha value is -1.28. The monoisotopic (exact) mass is 355 g/mol. The number of hydrogen-bond donors (Lipinski definition) is 0. The normalized spacial score (nSPS) is 19.8. The van der Waals surface area contributed by atoms with Crippen molar-refractivity contribution in [1.82, 2.24) is 4.31 Å². The first-order valence-corrected chi connectivity index (χ1v) is 9.63. The zero-order valence-corrected chi connectivity index (χ0v) is 14.4. The van der Waals surface area contributed by atoms with Gasteiger partial charge in [0.05, 0.1) is 12.7 Å². The van der Waals surface area contributed by atoms with Gasteiger partial charge in [-0.3, -0.25) is 0 Å². The van der Waals surface area contributed by atoms with Gasteiger partial charge in [0.2, 0.25) is 0 Å². The van der Waals surface area contributed by atoms with Gasteiger partial charge < -0.3 is 4.74 Å². The average Bonchev–Trinajstić information content (AvgIpc) is 2.97. The maximum Gasteiger partial charge on any atom is 0.252 e. The molecule has 0 unspecified atom stereocenters.